The lowest BCUT2D eigenvalue weighted by molar-refractivity contribution is -0.384. The Morgan fingerprint density at radius 1 is 1.21 bits per heavy atom. The van der Waals surface area contributed by atoms with Crippen molar-refractivity contribution >= 4 is 11.4 Å². The maximum Gasteiger partial charge on any atom is 0.271 e. The molecule has 1 saturated heterocycles. The second kappa shape index (κ2) is 7.41. The van der Waals surface area contributed by atoms with E-state index in [2.05, 4.69) is 14.9 Å². The first-order valence-corrected chi connectivity index (χ1v) is 7.99. The molecule has 0 amide bonds. The summed E-state index contributed by atoms with van der Waals surface area (Å²) >= 11 is 0. The lowest BCUT2D eigenvalue weighted by Gasteiger charge is -2.36. The summed E-state index contributed by atoms with van der Waals surface area (Å²) in [6.45, 7) is 4.30. The van der Waals surface area contributed by atoms with Crippen LogP contribution in [0.3, 0.4) is 0 Å². The number of hydrogen-bond acceptors (Lipinski definition) is 6. The summed E-state index contributed by atoms with van der Waals surface area (Å²) in [5.41, 5.74) is 0.991. The molecule has 128 valence electrons. The van der Waals surface area contributed by atoms with Crippen LogP contribution in [-0.2, 0) is 6.54 Å². The van der Waals surface area contributed by atoms with Crippen LogP contribution in [0.4, 0.5) is 11.4 Å². The van der Waals surface area contributed by atoms with E-state index >= 15 is 0 Å². The van der Waals surface area contributed by atoms with Gasteiger partial charge >= 0.3 is 0 Å². The molecule has 2 aromatic rings. The third-order valence-electron chi connectivity index (χ3n) is 4.20. The van der Waals surface area contributed by atoms with Gasteiger partial charge in [-0.3, -0.25) is 19.7 Å². The van der Waals surface area contributed by atoms with Crippen molar-refractivity contribution in [2.75, 3.05) is 37.6 Å². The number of aliphatic hydroxyl groups excluding tert-OH is 1. The van der Waals surface area contributed by atoms with Gasteiger partial charge in [-0.1, -0.05) is 6.07 Å². The smallest absolute Gasteiger partial charge is 0.271 e. The average molecular weight is 331 g/mol. The number of nitro groups is 1. The number of hydrogen-bond donors (Lipinski definition) is 1. The number of piperazine rings is 1. The summed E-state index contributed by atoms with van der Waals surface area (Å²) in [6.07, 6.45) is 3.07. The number of rotatable bonds is 6. The third-order valence-corrected chi connectivity index (χ3v) is 4.20. The van der Waals surface area contributed by atoms with Gasteiger partial charge in [0.15, 0.2) is 0 Å². The van der Waals surface area contributed by atoms with Crippen molar-refractivity contribution in [3.05, 3.63) is 52.8 Å². The number of benzene rings is 1. The predicted molar refractivity (Wildman–Crippen MR) is 90.0 cm³/mol. The van der Waals surface area contributed by atoms with E-state index in [9.17, 15) is 15.2 Å². The second-order valence-corrected chi connectivity index (χ2v) is 5.95. The molecule has 3 rings (SSSR count). The van der Waals surface area contributed by atoms with Crippen LogP contribution in [0.25, 0.3) is 0 Å². The summed E-state index contributed by atoms with van der Waals surface area (Å²) < 4.78 is 1.73. The molecule has 8 nitrogen and oxygen atoms in total. The van der Waals surface area contributed by atoms with Crippen LogP contribution in [0.5, 0.6) is 0 Å². The van der Waals surface area contributed by atoms with Crippen LogP contribution in [0.1, 0.15) is 0 Å². The van der Waals surface area contributed by atoms with Gasteiger partial charge in [-0.15, -0.1) is 0 Å². The van der Waals surface area contributed by atoms with Crippen molar-refractivity contribution in [3.8, 4) is 0 Å². The fraction of sp³-hybridized carbons (Fsp3) is 0.438. The molecular weight excluding hydrogens is 310 g/mol. The van der Waals surface area contributed by atoms with Crippen molar-refractivity contribution in [1.29, 1.82) is 0 Å². The van der Waals surface area contributed by atoms with Crippen LogP contribution in [0.2, 0.25) is 0 Å². The highest BCUT2D eigenvalue weighted by atomic mass is 16.6. The summed E-state index contributed by atoms with van der Waals surface area (Å²) in [7, 11) is 0. The van der Waals surface area contributed by atoms with Gasteiger partial charge in [-0.05, 0) is 12.1 Å². The zero-order valence-corrected chi connectivity index (χ0v) is 13.4. The van der Waals surface area contributed by atoms with E-state index < -0.39 is 6.10 Å². The molecule has 0 unspecified atom stereocenters. The van der Waals surface area contributed by atoms with Crippen molar-refractivity contribution in [3.63, 3.8) is 0 Å². The fourth-order valence-corrected chi connectivity index (χ4v) is 2.97. The van der Waals surface area contributed by atoms with E-state index in [1.165, 1.54) is 6.07 Å². The van der Waals surface area contributed by atoms with E-state index in [4.69, 9.17) is 0 Å². The fourth-order valence-electron chi connectivity index (χ4n) is 2.97. The average Bonchev–Trinajstić information content (AvgIpc) is 3.08. The Labute approximate surface area is 140 Å². The highest BCUT2D eigenvalue weighted by molar-refractivity contribution is 5.53. The van der Waals surface area contributed by atoms with Crippen molar-refractivity contribution in [1.82, 2.24) is 14.7 Å². The largest absolute Gasteiger partial charge is 0.390 e. The Kier molecular flexibility index (Phi) is 5.07. The summed E-state index contributed by atoms with van der Waals surface area (Å²) in [4.78, 5) is 14.9. The number of nitrogens with zero attached hydrogens (tertiary/aromatic N) is 5. The van der Waals surface area contributed by atoms with E-state index in [-0.39, 0.29) is 10.6 Å². The molecular formula is C16H21N5O3. The molecule has 0 bridgehead atoms. The highest BCUT2D eigenvalue weighted by Gasteiger charge is 2.20. The Morgan fingerprint density at radius 3 is 2.67 bits per heavy atom. The molecule has 1 fully saturated rings. The molecule has 0 radical (unpaired) electrons. The van der Waals surface area contributed by atoms with Crippen LogP contribution in [-0.4, -0.2) is 63.5 Å². The molecule has 1 aliphatic rings. The molecule has 0 aliphatic carbocycles. The van der Waals surface area contributed by atoms with Gasteiger partial charge in [0.05, 0.1) is 17.6 Å². The summed E-state index contributed by atoms with van der Waals surface area (Å²) in [6, 6.07) is 8.57. The Hall–Kier alpha value is -2.45. The number of nitro benzene ring substituents is 1. The first-order valence-electron chi connectivity index (χ1n) is 7.99. The second-order valence-electron chi connectivity index (χ2n) is 5.95. The predicted octanol–water partition coefficient (Wildman–Crippen LogP) is 0.974. The molecule has 1 atom stereocenters. The Bertz CT molecular complexity index is 668. The van der Waals surface area contributed by atoms with Gasteiger partial charge in [-0.25, -0.2) is 0 Å². The van der Waals surface area contributed by atoms with Gasteiger partial charge in [0, 0.05) is 62.9 Å². The van der Waals surface area contributed by atoms with Crippen molar-refractivity contribution in [2.24, 2.45) is 0 Å². The van der Waals surface area contributed by atoms with E-state index in [0.29, 0.717) is 13.1 Å². The van der Waals surface area contributed by atoms with Crippen LogP contribution >= 0.6 is 0 Å². The maximum absolute atomic E-state index is 10.9. The lowest BCUT2D eigenvalue weighted by atomic mass is 10.2. The summed E-state index contributed by atoms with van der Waals surface area (Å²) in [5, 5.41) is 25.1. The number of aromatic nitrogens is 2. The molecule has 1 aliphatic heterocycles. The van der Waals surface area contributed by atoms with Gasteiger partial charge in [0.25, 0.3) is 5.69 Å². The van der Waals surface area contributed by atoms with E-state index in [0.717, 1.165) is 31.9 Å². The number of aliphatic hydroxyl groups is 1. The van der Waals surface area contributed by atoms with Gasteiger partial charge in [0.1, 0.15) is 0 Å². The first kappa shape index (κ1) is 16.4. The molecule has 24 heavy (non-hydrogen) atoms. The van der Waals surface area contributed by atoms with Gasteiger partial charge in [-0.2, -0.15) is 5.10 Å². The van der Waals surface area contributed by atoms with E-state index in [1.54, 1.807) is 23.0 Å². The van der Waals surface area contributed by atoms with Crippen LogP contribution in [0.15, 0.2) is 42.7 Å². The Morgan fingerprint density at radius 2 is 2.00 bits per heavy atom. The number of β-amino-alcohol motifs (C(OH)–C–C–N with tert-alkyl or cyclic N) is 1. The standard InChI is InChI=1S/C16H21N5O3/c22-16(13-20-6-2-5-17-20)12-18-7-9-19(10-8-18)14-3-1-4-15(11-14)21(23)24/h1-6,11,16,22H,7-10,12-13H2/t16-/m1/s1. The minimum Gasteiger partial charge on any atom is -0.390 e. The molecule has 1 aromatic heterocycles. The normalized spacial score (nSPS) is 17.0. The minimum absolute atomic E-state index is 0.115. The van der Waals surface area contributed by atoms with Crippen molar-refractivity contribution in [2.45, 2.75) is 12.6 Å². The molecule has 0 spiro atoms. The minimum atomic E-state index is -0.464. The zero-order valence-electron chi connectivity index (χ0n) is 13.4. The van der Waals surface area contributed by atoms with Crippen molar-refractivity contribution < 1.29 is 10.0 Å². The highest BCUT2D eigenvalue weighted by Crippen LogP contribution is 2.22. The summed E-state index contributed by atoms with van der Waals surface area (Å²) in [5.74, 6) is 0. The Balaban J connectivity index is 1.50. The first-order chi connectivity index (χ1) is 11.6. The van der Waals surface area contributed by atoms with Crippen LogP contribution in [0, 0.1) is 10.1 Å². The van der Waals surface area contributed by atoms with E-state index in [1.807, 2.05) is 18.3 Å². The number of anilines is 1. The SMILES string of the molecule is O=[N+]([O-])c1cccc(N2CCN(C[C@@H](O)Cn3cccn3)CC2)c1. The molecule has 2 heterocycles. The van der Waals surface area contributed by atoms with Gasteiger partial charge < -0.3 is 10.0 Å². The monoisotopic (exact) mass is 331 g/mol. The quantitative estimate of drug-likeness (QED) is 0.627. The van der Waals surface area contributed by atoms with Crippen LogP contribution < -0.4 is 4.90 Å². The molecule has 8 heteroatoms. The molecule has 0 saturated carbocycles. The number of non-ortho nitro benzene ring substituents is 1. The molecule has 1 aromatic carbocycles. The topological polar surface area (TPSA) is 87.7 Å². The third kappa shape index (κ3) is 4.09. The van der Waals surface area contributed by atoms with Gasteiger partial charge in [0.2, 0.25) is 0 Å². The maximum atomic E-state index is 10.9. The zero-order chi connectivity index (χ0) is 16.9. The molecule has 1 N–H and O–H groups in total. The lowest BCUT2D eigenvalue weighted by Crippen LogP contribution is -2.49.